The first-order chi connectivity index (χ1) is 7.68. The molecule has 4 N–H and O–H groups in total. The summed E-state index contributed by atoms with van der Waals surface area (Å²) < 4.78 is 4.40. The summed E-state index contributed by atoms with van der Waals surface area (Å²) >= 11 is 0. The Kier molecular flexibility index (Phi) is 17.1. The average Bonchev–Trinajstić information content (AvgIpc) is 2.32. The van der Waals surface area contributed by atoms with Gasteiger partial charge >= 0.3 is 5.97 Å². The summed E-state index contributed by atoms with van der Waals surface area (Å²) in [6.45, 7) is 4.85. The smallest absolute Gasteiger partial charge is 0.302 e. The Morgan fingerprint density at radius 1 is 1.00 bits per heavy atom. The maximum atomic E-state index is 9.82. The molecule has 0 saturated heterocycles. The van der Waals surface area contributed by atoms with Crippen molar-refractivity contribution in [3.05, 3.63) is 36.4 Å². The zero-order valence-corrected chi connectivity index (χ0v) is 10.1. The Labute approximate surface area is 97.6 Å². The molecular formula is C12H22N2O2. The summed E-state index contributed by atoms with van der Waals surface area (Å²) in [5.74, 6) is -0.211. The Hall–Kier alpha value is -1.39. The van der Waals surface area contributed by atoms with E-state index in [1.54, 1.807) is 6.92 Å². The second-order valence-corrected chi connectivity index (χ2v) is 2.66. The van der Waals surface area contributed by atoms with Crippen molar-refractivity contribution in [2.45, 2.75) is 13.8 Å². The second kappa shape index (κ2) is 16.1. The molecule has 0 bridgehead atoms. The van der Waals surface area contributed by atoms with Gasteiger partial charge in [0.15, 0.2) is 0 Å². The lowest BCUT2D eigenvalue weighted by Crippen LogP contribution is -2.11. The number of carbonyl (C=O) groups excluding carboxylic acids is 1. The van der Waals surface area contributed by atoms with E-state index in [4.69, 9.17) is 11.5 Å². The van der Waals surface area contributed by atoms with Crippen LogP contribution in [0, 0.1) is 0 Å². The van der Waals surface area contributed by atoms with Gasteiger partial charge < -0.3 is 16.2 Å². The molecule has 1 aromatic carbocycles. The molecule has 0 fully saturated rings. The van der Waals surface area contributed by atoms with Crippen molar-refractivity contribution in [3.63, 3.8) is 0 Å². The van der Waals surface area contributed by atoms with Crippen LogP contribution < -0.4 is 11.5 Å². The van der Waals surface area contributed by atoms with Gasteiger partial charge in [-0.3, -0.25) is 4.79 Å². The molecule has 16 heavy (non-hydrogen) atoms. The monoisotopic (exact) mass is 226 g/mol. The van der Waals surface area contributed by atoms with E-state index < -0.39 is 0 Å². The van der Waals surface area contributed by atoms with Crippen molar-refractivity contribution in [2.75, 3.05) is 19.7 Å². The fourth-order valence-corrected chi connectivity index (χ4v) is 0.588. The molecule has 1 rings (SSSR count). The zero-order valence-electron chi connectivity index (χ0n) is 10.1. The number of hydrogen-bond acceptors (Lipinski definition) is 4. The SMILES string of the molecule is CCOC(C)=O.NCCN.c1ccccc1. The van der Waals surface area contributed by atoms with Gasteiger partial charge in [0, 0.05) is 20.0 Å². The molecule has 0 amide bonds. The third-order valence-corrected chi connectivity index (χ3v) is 1.18. The van der Waals surface area contributed by atoms with Crippen molar-refractivity contribution < 1.29 is 9.53 Å². The van der Waals surface area contributed by atoms with Crippen LogP contribution in [0.15, 0.2) is 36.4 Å². The van der Waals surface area contributed by atoms with Gasteiger partial charge in [-0.25, -0.2) is 0 Å². The van der Waals surface area contributed by atoms with Gasteiger partial charge in [-0.05, 0) is 6.92 Å². The molecule has 0 aliphatic carbocycles. The number of carbonyl (C=O) groups is 1. The first-order valence-electron chi connectivity index (χ1n) is 5.22. The normalized spacial score (nSPS) is 7.75. The van der Waals surface area contributed by atoms with Crippen LogP contribution in [0.25, 0.3) is 0 Å². The molecule has 0 heterocycles. The van der Waals surface area contributed by atoms with E-state index in [0.717, 1.165) is 0 Å². The lowest BCUT2D eigenvalue weighted by molar-refractivity contribution is -0.140. The van der Waals surface area contributed by atoms with Crippen molar-refractivity contribution in [1.82, 2.24) is 0 Å². The van der Waals surface area contributed by atoms with E-state index in [-0.39, 0.29) is 5.97 Å². The van der Waals surface area contributed by atoms with Gasteiger partial charge in [0.25, 0.3) is 0 Å². The predicted octanol–water partition coefficient (Wildman–Crippen LogP) is 1.16. The second-order valence-electron chi connectivity index (χ2n) is 2.66. The molecule has 0 aliphatic heterocycles. The minimum absolute atomic E-state index is 0.211. The summed E-state index contributed by atoms with van der Waals surface area (Å²) in [6.07, 6.45) is 0. The quantitative estimate of drug-likeness (QED) is 0.742. The van der Waals surface area contributed by atoms with Crippen LogP contribution in [0.3, 0.4) is 0 Å². The van der Waals surface area contributed by atoms with Gasteiger partial charge in [0.05, 0.1) is 6.61 Å². The maximum absolute atomic E-state index is 9.82. The topological polar surface area (TPSA) is 78.3 Å². The molecule has 0 atom stereocenters. The number of benzene rings is 1. The van der Waals surface area contributed by atoms with Crippen LogP contribution in [0.4, 0.5) is 0 Å². The molecule has 0 aromatic heterocycles. The Morgan fingerprint density at radius 3 is 1.38 bits per heavy atom. The van der Waals surface area contributed by atoms with Crippen molar-refractivity contribution >= 4 is 5.97 Å². The van der Waals surface area contributed by atoms with Crippen molar-refractivity contribution in [1.29, 1.82) is 0 Å². The van der Waals surface area contributed by atoms with E-state index >= 15 is 0 Å². The van der Waals surface area contributed by atoms with Crippen molar-refractivity contribution in [3.8, 4) is 0 Å². The van der Waals surface area contributed by atoms with E-state index in [9.17, 15) is 4.79 Å². The Morgan fingerprint density at radius 2 is 1.31 bits per heavy atom. The molecule has 0 spiro atoms. The predicted molar refractivity (Wildman–Crippen MR) is 66.9 cm³/mol. The Balaban J connectivity index is 0. The minimum Gasteiger partial charge on any atom is -0.466 e. The molecule has 0 saturated carbocycles. The van der Waals surface area contributed by atoms with E-state index in [2.05, 4.69) is 4.74 Å². The first kappa shape index (κ1) is 17.0. The lowest BCUT2D eigenvalue weighted by Gasteiger charge is -1.89. The highest BCUT2D eigenvalue weighted by molar-refractivity contribution is 5.65. The maximum Gasteiger partial charge on any atom is 0.302 e. The fourth-order valence-electron chi connectivity index (χ4n) is 0.588. The largest absolute Gasteiger partial charge is 0.466 e. The van der Waals surface area contributed by atoms with Crippen LogP contribution in [0.2, 0.25) is 0 Å². The molecule has 4 heteroatoms. The van der Waals surface area contributed by atoms with Crippen LogP contribution in [-0.2, 0) is 9.53 Å². The number of nitrogens with two attached hydrogens (primary N) is 2. The van der Waals surface area contributed by atoms with Crippen molar-refractivity contribution in [2.24, 2.45) is 11.5 Å². The molecule has 1 aromatic rings. The van der Waals surface area contributed by atoms with E-state index in [1.165, 1.54) is 6.92 Å². The van der Waals surface area contributed by atoms with Gasteiger partial charge in [0.1, 0.15) is 0 Å². The Bertz CT molecular complexity index is 199. The van der Waals surface area contributed by atoms with Gasteiger partial charge in [0.2, 0.25) is 0 Å². The van der Waals surface area contributed by atoms with Crippen LogP contribution >= 0.6 is 0 Å². The van der Waals surface area contributed by atoms with Gasteiger partial charge in [-0.1, -0.05) is 36.4 Å². The summed E-state index contributed by atoms with van der Waals surface area (Å²) in [5.41, 5.74) is 9.81. The van der Waals surface area contributed by atoms with E-state index in [1.807, 2.05) is 36.4 Å². The number of ether oxygens (including phenoxy) is 1. The summed E-state index contributed by atoms with van der Waals surface area (Å²) in [6, 6.07) is 12.0. The van der Waals surface area contributed by atoms with Gasteiger partial charge in [-0.2, -0.15) is 0 Å². The van der Waals surface area contributed by atoms with Crippen LogP contribution in [0.1, 0.15) is 13.8 Å². The van der Waals surface area contributed by atoms with E-state index in [0.29, 0.717) is 19.7 Å². The minimum atomic E-state index is -0.211. The molecular weight excluding hydrogens is 204 g/mol. The standard InChI is InChI=1S/C6H6.C4H8O2.C2H8N2/c1-2-4-6-5-3-1;1-3-6-4(2)5;3-1-2-4/h1-6H;3H2,1-2H3;1-4H2. The molecule has 92 valence electrons. The highest BCUT2D eigenvalue weighted by Gasteiger charge is 1.81. The lowest BCUT2D eigenvalue weighted by atomic mass is 10.4. The van der Waals surface area contributed by atoms with Crippen LogP contribution in [0.5, 0.6) is 0 Å². The number of hydrogen-bond donors (Lipinski definition) is 2. The highest BCUT2D eigenvalue weighted by atomic mass is 16.5. The summed E-state index contributed by atoms with van der Waals surface area (Å²) in [5, 5.41) is 0. The molecule has 0 aliphatic rings. The number of esters is 1. The number of rotatable bonds is 2. The molecule has 4 nitrogen and oxygen atoms in total. The summed E-state index contributed by atoms with van der Waals surface area (Å²) in [7, 11) is 0. The average molecular weight is 226 g/mol. The molecule has 0 radical (unpaired) electrons. The fraction of sp³-hybridized carbons (Fsp3) is 0.417. The van der Waals surface area contributed by atoms with Crippen LogP contribution in [-0.4, -0.2) is 25.7 Å². The van der Waals surface area contributed by atoms with Gasteiger partial charge in [-0.15, -0.1) is 0 Å². The first-order valence-corrected chi connectivity index (χ1v) is 5.22. The summed E-state index contributed by atoms with van der Waals surface area (Å²) in [4.78, 5) is 9.82. The highest BCUT2D eigenvalue weighted by Crippen LogP contribution is 1.79. The third-order valence-electron chi connectivity index (χ3n) is 1.18. The third kappa shape index (κ3) is 22.9. The molecule has 0 unspecified atom stereocenters. The zero-order chi connectivity index (χ0) is 12.6.